The van der Waals surface area contributed by atoms with E-state index in [1.807, 2.05) is 38.1 Å². The lowest BCUT2D eigenvalue weighted by atomic mass is 10.1. The second-order valence-electron chi connectivity index (χ2n) is 7.04. The molecule has 8 heteroatoms. The van der Waals surface area contributed by atoms with Crippen molar-refractivity contribution in [1.82, 2.24) is 0 Å². The molecular formula is C23H25ClN2O4S. The minimum Gasteiger partial charge on any atom is -0.489 e. The van der Waals surface area contributed by atoms with E-state index in [1.165, 1.54) is 11.8 Å². The Morgan fingerprint density at radius 3 is 2.74 bits per heavy atom. The molecule has 0 bridgehead atoms. The Balaban J connectivity index is 1.88. The van der Waals surface area contributed by atoms with Crippen molar-refractivity contribution in [2.45, 2.75) is 26.4 Å². The molecule has 1 aliphatic heterocycles. The zero-order valence-corrected chi connectivity index (χ0v) is 19.0. The fraction of sp³-hybridized carbons (Fsp3) is 0.304. The fourth-order valence-corrected chi connectivity index (χ4v) is 4.17. The molecule has 0 saturated carbocycles. The first kappa shape index (κ1) is 23.3. The lowest BCUT2D eigenvalue weighted by Gasteiger charge is -2.18. The summed E-state index contributed by atoms with van der Waals surface area (Å²) in [4.78, 5) is 20.1. The molecular weight excluding hydrogens is 436 g/mol. The number of hydrogen-bond acceptors (Lipinski definition) is 6. The van der Waals surface area contributed by atoms with Crippen LogP contribution in [0.3, 0.4) is 0 Å². The van der Waals surface area contributed by atoms with E-state index in [2.05, 4.69) is 4.99 Å². The van der Waals surface area contributed by atoms with E-state index in [0.29, 0.717) is 27.4 Å². The molecule has 3 rings (SSSR count). The number of aliphatic hydroxyl groups is 2. The molecule has 1 atom stereocenters. The standard InChI is InChI=1S/C23H25ClN2O4S/c1-3-10-25-23-26(19-7-5-4-6-15(19)2)22(29)21(31-23)12-16-8-9-20(18(24)11-16)30-14-17(28)13-27/h4-9,11-12,17,27-28H,3,10,13-14H2,1-2H3/t17-/m0/s1. The van der Waals surface area contributed by atoms with E-state index in [1.54, 1.807) is 29.2 Å². The second kappa shape index (κ2) is 10.8. The molecule has 164 valence electrons. The maximum Gasteiger partial charge on any atom is 0.271 e. The Morgan fingerprint density at radius 1 is 1.29 bits per heavy atom. The van der Waals surface area contributed by atoms with E-state index in [-0.39, 0.29) is 19.1 Å². The number of rotatable bonds is 8. The summed E-state index contributed by atoms with van der Waals surface area (Å²) in [7, 11) is 0. The van der Waals surface area contributed by atoms with E-state index < -0.39 is 6.10 Å². The number of benzene rings is 2. The SMILES string of the molecule is CCCN=C1SC(=Cc2ccc(OC[C@@H](O)CO)c(Cl)c2)C(=O)N1c1ccccc1C. The number of anilines is 1. The van der Waals surface area contributed by atoms with Crippen molar-refractivity contribution in [3.63, 3.8) is 0 Å². The third-order valence-corrected chi connectivity index (χ3v) is 5.83. The van der Waals surface area contributed by atoms with E-state index in [9.17, 15) is 9.90 Å². The molecule has 2 aromatic carbocycles. The number of carbonyl (C=O) groups excluding carboxylic acids is 1. The van der Waals surface area contributed by atoms with Gasteiger partial charge in [-0.2, -0.15) is 0 Å². The average molecular weight is 461 g/mol. The third-order valence-electron chi connectivity index (χ3n) is 4.53. The zero-order chi connectivity index (χ0) is 22.4. The van der Waals surface area contributed by atoms with Crippen molar-refractivity contribution in [2.75, 3.05) is 24.7 Å². The van der Waals surface area contributed by atoms with Gasteiger partial charge in [-0.25, -0.2) is 0 Å². The van der Waals surface area contributed by atoms with E-state index >= 15 is 0 Å². The summed E-state index contributed by atoms with van der Waals surface area (Å²) in [5.41, 5.74) is 2.57. The monoisotopic (exact) mass is 460 g/mol. The van der Waals surface area contributed by atoms with Gasteiger partial charge in [0.05, 0.1) is 22.2 Å². The summed E-state index contributed by atoms with van der Waals surface area (Å²) in [6.07, 6.45) is 1.70. The first-order valence-corrected chi connectivity index (χ1v) is 11.2. The molecule has 1 saturated heterocycles. The highest BCUT2D eigenvalue weighted by molar-refractivity contribution is 8.19. The number of ether oxygens (including phenoxy) is 1. The summed E-state index contributed by atoms with van der Waals surface area (Å²) in [5.74, 6) is 0.269. The van der Waals surface area contributed by atoms with Crippen LogP contribution >= 0.6 is 23.4 Å². The Bertz CT molecular complexity index is 1010. The summed E-state index contributed by atoms with van der Waals surface area (Å²) in [6, 6.07) is 12.9. The van der Waals surface area contributed by atoms with Crippen LogP contribution in [0.25, 0.3) is 6.08 Å². The van der Waals surface area contributed by atoms with Gasteiger partial charge in [0, 0.05) is 6.54 Å². The number of aliphatic hydroxyl groups excluding tert-OH is 2. The van der Waals surface area contributed by atoms with Crippen LogP contribution in [0.15, 0.2) is 52.4 Å². The van der Waals surface area contributed by atoms with Crippen molar-refractivity contribution < 1.29 is 19.7 Å². The molecule has 2 aromatic rings. The topological polar surface area (TPSA) is 82.4 Å². The van der Waals surface area contributed by atoms with Gasteiger partial charge in [-0.15, -0.1) is 0 Å². The van der Waals surface area contributed by atoms with Crippen molar-refractivity contribution in [2.24, 2.45) is 4.99 Å². The lowest BCUT2D eigenvalue weighted by Crippen LogP contribution is -2.29. The van der Waals surface area contributed by atoms with Crippen LogP contribution in [-0.2, 0) is 4.79 Å². The quantitative estimate of drug-likeness (QED) is 0.575. The number of amides is 1. The predicted molar refractivity (Wildman–Crippen MR) is 127 cm³/mol. The molecule has 1 heterocycles. The van der Waals surface area contributed by atoms with Gasteiger partial charge in [-0.1, -0.05) is 42.8 Å². The molecule has 0 aliphatic carbocycles. The number of para-hydroxylation sites is 1. The summed E-state index contributed by atoms with van der Waals surface area (Å²) in [6.45, 7) is 4.21. The van der Waals surface area contributed by atoms with Gasteiger partial charge in [0.25, 0.3) is 5.91 Å². The number of aliphatic imine (C=N–C) groups is 1. The second-order valence-corrected chi connectivity index (χ2v) is 8.46. The number of amidine groups is 1. The normalized spacial score (nSPS) is 17.6. The number of carbonyl (C=O) groups is 1. The number of halogens is 1. The maximum absolute atomic E-state index is 13.2. The van der Waals surface area contributed by atoms with Gasteiger partial charge in [0.1, 0.15) is 18.5 Å². The molecule has 0 aromatic heterocycles. The van der Waals surface area contributed by atoms with Crippen LogP contribution in [-0.4, -0.2) is 47.2 Å². The zero-order valence-electron chi connectivity index (χ0n) is 17.4. The fourth-order valence-electron chi connectivity index (χ4n) is 2.93. The number of hydrogen-bond donors (Lipinski definition) is 2. The van der Waals surface area contributed by atoms with Gasteiger partial charge in [-0.3, -0.25) is 14.7 Å². The molecule has 1 aliphatic rings. The molecule has 0 unspecified atom stereocenters. The van der Waals surface area contributed by atoms with Crippen molar-refractivity contribution in [1.29, 1.82) is 0 Å². The van der Waals surface area contributed by atoms with Gasteiger partial charge in [0.2, 0.25) is 0 Å². The van der Waals surface area contributed by atoms with Crippen LogP contribution in [0.1, 0.15) is 24.5 Å². The Morgan fingerprint density at radius 2 is 2.06 bits per heavy atom. The molecule has 31 heavy (non-hydrogen) atoms. The van der Waals surface area contributed by atoms with E-state index in [0.717, 1.165) is 23.2 Å². The molecule has 0 spiro atoms. The lowest BCUT2D eigenvalue weighted by molar-refractivity contribution is -0.113. The van der Waals surface area contributed by atoms with Gasteiger partial charge in [-0.05, 0) is 60.5 Å². The minimum atomic E-state index is -0.973. The number of nitrogens with zero attached hydrogens (tertiary/aromatic N) is 2. The molecule has 1 fully saturated rings. The Labute approximate surface area is 191 Å². The Kier molecular flexibility index (Phi) is 8.15. The number of thioether (sulfide) groups is 1. The van der Waals surface area contributed by atoms with Crippen LogP contribution < -0.4 is 9.64 Å². The third kappa shape index (κ3) is 5.68. The van der Waals surface area contributed by atoms with Crippen LogP contribution in [0.5, 0.6) is 5.75 Å². The molecule has 0 radical (unpaired) electrons. The minimum absolute atomic E-state index is 0.0619. The van der Waals surface area contributed by atoms with Crippen LogP contribution in [0, 0.1) is 6.92 Å². The molecule has 2 N–H and O–H groups in total. The van der Waals surface area contributed by atoms with Crippen LogP contribution in [0.2, 0.25) is 5.02 Å². The van der Waals surface area contributed by atoms with Crippen LogP contribution in [0.4, 0.5) is 5.69 Å². The first-order chi connectivity index (χ1) is 14.9. The highest BCUT2D eigenvalue weighted by atomic mass is 35.5. The summed E-state index contributed by atoms with van der Waals surface area (Å²) >= 11 is 7.64. The van der Waals surface area contributed by atoms with Crippen molar-refractivity contribution in [3.05, 3.63) is 63.5 Å². The number of aryl methyl sites for hydroxylation is 1. The highest BCUT2D eigenvalue weighted by Crippen LogP contribution is 2.38. The Hall–Kier alpha value is -2.32. The average Bonchev–Trinajstić information content (AvgIpc) is 3.06. The summed E-state index contributed by atoms with van der Waals surface area (Å²) < 4.78 is 5.42. The van der Waals surface area contributed by atoms with Gasteiger partial charge >= 0.3 is 0 Å². The smallest absolute Gasteiger partial charge is 0.271 e. The van der Waals surface area contributed by atoms with Gasteiger partial charge < -0.3 is 14.9 Å². The first-order valence-electron chi connectivity index (χ1n) is 10.00. The molecule has 1 amide bonds. The van der Waals surface area contributed by atoms with Crippen molar-refractivity contribution >= 4 is 46.2 Å². The van der Waals surface area contributed by atoms with E-state index in [4.69, 9.17) is 21.4 Å². The largest absolute Gasteiger partial charge is 0.489 e. The predicted octanol–water partition coefficient (Wildman–Crippen LogP) is 4.27. The molecule has 6 nitrogen and oxygen atoms in total. The summed E-state index contributed by atoms with van der Waals surface area (Å²) in [5, 5.41) is 19.3. The highest BCUT2D eigenvalue weighted by Gasteiger charge is 2.35. The van der Waals surface area contributed by atoms with Gasteiger partial charge in [0.15, 0.2) is 5.17 Å². The maximum atomic E-state index is 13.2. The van der Waals surface area contributed by atoms with Crippen molar-refractivity contribution in [3.8, 4) is 5.75 Å².